The average Bonchev–Trinajstić information content (AvgIpc) is 2.05. The standard InChI is InChI=1S/C7H8N2O5S/c1-5-4-6(9(10)11)2-3-7(5)8-15(12,13)14/h2-4,8H,1H3,(H,12,13,14). The van der Waals surface area contributed by atoms with Crippen LogP contribution in [0.4, 0.5) is 11.4 Å². The fourth-order valence-corrected chi connectivity index (χ4v) is 1.52. The monoisotopic (exact) mass is 232 g/mol. The number of nitrogens with one attached hydrogen (secondary N) is 1. The van der Waals surface area contributed by atoms with Gasteiger partial charge in [-0.15, -0.1) is 0 Å². The first kappa shape index (κ1) is 11.4. The highest BCUT2D eigenvalue weighted by atomic mass is 32.2. The molecule has 1 rings (SSSR count). The van der Waals surface area contributed by atoms with Crippen LogP contribution in [0.5, 0.6) is 0 Å². The molecule has 0 aromatic heterocycles. The summed E-state index contributed by atoms with van der Waals surface area (Å²) >= 11 is 0. The zero-order valence-electron chi connectivity index (χ0n) is 7.67. The lowest BCUT2D eigenvalue weighted by Crippen LogP contribution is -2.11. The molecule has 0 saturated carbocycles. The summed E-state index contributed by atoms with van der Waals surface area (Å²) in [5.41, 5.74) is 0.304. The summed E-state index contributed by atoms with van der Waals surface area (Å²) in [6.45, 7) is 1.49. The van der Waals surface area contributed by atoms with Crippen molar-refractivity contribution < 1.29 is 17.9 Å². The van der Waals surface area contributed by atoms with Crippen molar-refractivity contribution in [2.45, 2.75) is 6.92 Å². The van der Waals surface area contributed by atoms with Gasteiger partial charge in [0.2, 0.25) is 0 Å². The number of anilines is 1. The Morgan fingerprint density at radius 3 is 2.47 bits per heavy atom. The van der Waals surface area contributed by atoms with E-state index in [0.29, 0.717) is 5.56 Å². The highest BCUT2D eigenvalue weighted by Gasteiger charge is 2.11. The molecule has 82 valence electrons. The molecule has 0 unspecified atom stereocenters. The third-order valence-electron chi connectivity index (χ3n) is 1.66. The molecule has 2 N–H and O–H groups in total. The summed E-state index contributed by atoms with van der Waals surface area (Å²) in [6.07, 6.45) is 0. The van der Waals surface area contributed by atoms with Crippen molar-refractivity contribution in [3.63, 3.8) is 0 Å². The summed E-state index contributed by atoms with van der Waals surface area (Å²) in [6, 6.07) is 3.55. The maximum absolute atomic E-state index is 10.5. The number of aryl methyl sites for hydroxylation is 1. The molecule has 0 aliphatic rings. The molecule has 0 spiro atoms. The minimum absolute atomic E-state index is 0.100. The molecule has 7 nitrogen and oxygen atoms in total. The van der Waals surface area contributed by atoms with E-state index in [1.165, 1.54) is 19.1 Å². The summed E-state index contributed by atoms with van der Waals surface area (Å²) in [5.74, 6) is 0. The minimum Gasteiger partial charge on any atom is -0.269 e. The molecule has 0 bridgehead atoms. The Morgan fingerprint density at radius 1 is 1.47 bits per heavy atom. The lowest BCUT2D eigenvalue weighted by Gasteiger charge is -2.05. The Bertz CT molecular complexity index is 496. The van der Waals surface area contributed by atoms with Gasteiger partial charge in [0.1, 0.15) is 0 Å². The average molecular weight is 232 g/mol. The van der Waals surface area contributed by atoms with Crippen LogP contribution in [0.15, 0.2) is 18.2 Å². The summed E-state index contributed by atoms with van der Waals surface area (Å²) in [5, 5.41) is 10.4. The molecule has 0 radical (unpaired) electrons. The summed E-state index contributed by atoms with van der Waals surface area (Å²) < 4.78 is 31.3. The number of nitro groups is 1. The molecule has 1 aromatic carbocycles. The SMILES string of the molecule is Cc1cc([N+](=O)[O-])ccc1NS(=O)(=O)O. The van der Waals surface area contributed by atoms with Gasteiger partial charge in [-0.1, -0.05) is 0 Å². The minimum atomic E-state index is -4.35. The Hall–Kier alpha value is -1.67. The molecule has 0 fully saturated rings. The van der Waals surface area contributed by atoms with Gasteiger partial charge in [0.25, 0.3) is 5.69 Å². The van der Waals surface area contributed by atoms with Crippen LogP contribution >= 0.6 is 0 Å². The second-order valence-corrected chi connectivity index (χ2v) is 3.99. The zero-order valence-corrected chi connectivity index (χ0v) is 8.48. The Kier molecular flexibility index (Phi) is 2.91. The van der Waals surface area contributed by atoms with E-state index in [1.54, 1.807) is 0 Å². The first-order chi connectivity index (χ1) is 6.79. The maximum Gasteiger partial charge on any atom is 0.357 e. The van der Waals surface area contributed by atoms with Crippen molar-refractivity contribution in [3.8, 4) is 0 Å². The van der Waals surface area contributed by atoms with E-state index in [1.807, 2.05) is 4.72 Å². The predicted octanol–water partition coefficient (Wildman–Crippen LogP) is 1.12. The number of hydrogen-bond acceptors (Lipinski definition) is 4. The Balaban J connectivity index is 3.09. The number of rotatable bonds is 3. The molecule has 0 amide bonds. The van der Waals surface area contributed by atoms with Crippen molar-refractivity contribution in [1.82, 2.24) is 0 Å². The van der Waals surface area contributed by atoms with Crippen molar-refractivity contribution in [2.24, 2.45) is 0 Å². The van der Waals surface area contributed by atoms with Gasteiger partial charge >= 0.3 is 10.3 Å². The van der Waals surface area contributed by atoms with E-state index in [-0.39, 0.29) is 11.4 Å². The van der Waals surface area contributed by atoms with Crippen LogP contribution in [-0.4, -0.2) is 17.9 Å². The first-order valence-electron chi connectivity index (χ1n) is 3.80. The lowest BCUT2D eigenvalue weighted by molar-refractivity contribution is -0.384. The highest BCUT2D eigenvalue weighted by Crippen LogP contribution is 2.21. The maximum atomic E-state index is 10.5. The van der Waals surface area contributed by atoms with E-state index in [0.717, 1.165) is 6.07 Å². The number of nitrogens with zero attached hydrogens (tertiary/aromatic N) is 1. The van der Waals surface area contributed by atoms with Crippen LogP contribution in [0.3, 0.4) is 0 Å². The Labute approximate surface area is 85.8 Å². The second kappa shape index (κ2) is 3.83. The molecule has 1 aromatic rings. The summed E-state index contributed by atoms with van der Waals surface area (Å²) in [7, 11) is -4.35. The van der Waals surface area contributed by atoms with E-state index >= 15 is 0 Å². The predicted molar refractivity (Wildman–Crippen MR) is 53.0 cm³/mol. The van der Waals surface area contributed by atoms with Crippen LogP contribution in [0.1, 0.15) is 5.56 Å². The topological polar surface area (TPSA) is 110 Å². The highest BCUT2D eigenvalue weighted by molar-refractivity contribution is 7.87. The van der Waals surface area contributed by atoms with Crippen LogP contribution in [-0.2, 0) is 10.3 Å². The van der Waals surface area contributed by atoms with Crippen LogP contribution < -0.4 is 4.72 Å². The molecular formula is C7H8N2O5S. The van der Waals surface area contributed by atoms with Crippen LogP contribution in [0, 0.1) is 17.0 Å². The van der Waals surface area contributed by atoms with Crippen molar-refractivity contribution in [1.29, 1.82) is 0 Å². The van der Waals surface area contributed by atoms with E-state index < -0.39 is 15.2 Å². The lowest BCUT2D eigenvalue weighted by atomic mass is 10.2. The third kappa shape index (κ3) is 3.18. The number of non-ortho nitro benzene ring substituents is 1. The van der Waals surface area contributed by atoms with Gasteiger partial charge in [-0.3, -0.25) is 19.4 Å². The number of hydrogen-bond donors (Lipinski definition) is 2. The van der Waals surface area contributed by atoms with Crippen molar-refractivity contribution in [3.05, 3.63) is 33.9 Å². The van der Waals surface area contributed by atoms with E-state index in [4.69, 9.17) is 4.55 Å². The van der Waals surface area contributed by atoms with Gasteiger partial charge in [-0.05, 0) is 18.6 Å². The van der Waals surface area contributed by atoms with Crippen molar-refractivity contribution >= 4 is 21.7 Å². The molecule has 0 saturated heterocycles. The van der Waals surface area contributed by atoms with Crippen LogP contribution in [0.2, 0.25) is 0 Å². The molecule has 0 heterocycles. The molecule has 15 heavy (non-hydrogen) atoms. The van der Waals surface area contributed by atoms with Gasteiger partial charge < -0.3 is 0 Å². The number of benzene rings is 1. The summed E-state index contributed by atoms with van der Waals surface area (Å²) in [4.78, 5) is 9.77. The largest absolute Gasteiger partial charge is 0.357 e. The van der Waals surface area contributed by atoms with Crippen molar-refractivity contribution in [2.75, 3.05) is 4.72 Å². The van der Waals surface area contributed by atoms with Gasteiger partial charge in [0.15, 0.2) is 0 Å². The molecule has 0 aliphatic carbocycles. The molecule has 0 aliphatic heterocycles. The van der Waals surface area contributed by atoms with E-state index in [9.17, 15) is 18.5 Å². The smallest absolute Gasteiger partial charge is 0.269 e. The van der Waals surface area contributed by atoms with Gasteiger partial charge in [0, 0.05) is 12.1 Å². The number of nitro benzene ring substituents is 1. The second-order valence-electron chi connectivity index (χ2n) is 2.83. The zero-order chi connectivity index (χ0) is 11.6. The normalized spacial score (nSPS) is 11.1. The van der Waals surface area contributed by atoms with Gasteiger partial charge in [-0.2, -0.15) is 8.42 Å². The first-order valence-corrected chi connectivity index (χ1v) is 5.24. The molecular weight excluding hydrogens is 224 g/mol. The van der Waals surface area contributed by atoms with Gasteiger partial charge in [-0.25, -0.2) is 0 Å². The fraction of sp³-hybridized carbons (Fsp3) is 0.143. The Morgan fingerprint density at radius 2 is 2.07 bits per heavy atom. The van der Waals surface area contributed by atoms with E-state index in [2.05, 4.69) is 0 Å². The quantitative estimate of drug-likeness (QED) is 0.461. The fourth-order valence-electron chi connectivity index (χ4n) is 1.01. The third-order valence-corrected chi connectivity index (χ3v) is 2.14. The molecule has 0 atom stereocenters. The van der Waals surface area contributed by atoms with Crippen LogP contribution in [0.25, 0.3) is 0 Å². The molecule has 8 heteroatoms. The van der Waals surface area contributed by atoms with Gasteiger partial charge in [0.05, 0.1) is 10.6 Å².